The Hall–Kier alpha value is -5.36. The van der Waals surface area contributed by atoms with Crippen LogP contribution in [0.2, 0.25) is 0 Å². The number of nitriles is 2. The molecule has 2 aliphatic carbocycles. The molecular weight excluding hydrogens is 566 g/mol. The van der Waals surface area contributed by atoms with Crippen LogP contribution in [0.1, 0.15) is 36.1 Å². The molecule has 0 amide bonds. The minimum atomic E-state index is -5.39. The zero-order chi connectivity index (χ0) is 31.0. The van der Waals surface area contributed by atoms with Gasteiger partial charge in [-0.2, -0.15) is 10.5 Å². The van der Waals surface area contributed by atoms with E-state index in [0.717, 1.165) is 0 Å². The molecule has 3 aromatic rings. The average molecular weight is 582 g/mol. The van der Waals surface area contributed by atoms with Gasteiger partial charge in [-0.1, -0.05) is 74.5 Å². The summed E-state index contributed by atoms with van der Waals surface area (Å²) in [6.45, 7) is 4.00. The normalized spacial score (nSPS) is 14.9. The molecule has 0 heterocycles. The third-order valence-electron chi connectivity index (χ3n) is 6.23. The molecule has 0 radical (unpaired) electrons. The summed E-state index contributed by atoms with van der Waals surface area (Å²) in [6, 6.07) is 18.1. The molecule has 0 aliphatic heterocycles. The van der Waals surface area contributed by atoms with Crippen molar-refractivity contribution in [2.24, 2.45) is 0 Å². The van der Waals surface area contributed by atoms with Gasteiger partial charge in [0, 0.05) is 16.7 Å². The Balaban J connectivity index is 0.00000198. The van der Waals surface area contributed by atoms with E-state index in [1.54, 1.807) is 18.2 Å². The van der Waals surface area contributed by atoms with E-state index in [2.05, 4.69) is 9.47 Å². The third-order valence-corrected chi connectivity index (χ3v) is 6.23. The number of alkyl halides is 6. The topological polar surface area (TPSA) is 100 Å². The van der Waals surface area contributed by atoms with E-state index < -0.39 is 35.8 Å². The number of nitrogens with zero attached hydrogens (tertiary/aromatic N) is 2. The van der Waals surface area contributed by atoms with E-state index in [-0.39, 0.29) is 39.0 Å². The van der Waals surface area contributed by atoms with Gasteiger partial charge in [-0.05, 0) is 38.9 Å². The minimum Gasteiger partial charge on any atom is -0.369 e. The summed E-state index contributed by atoms with van der Waals surface area (Å²) in [5, 5.41) is 19.5. The number of hydrogen-bond acceptors (Lipinski definition) is 6. The number of carbonyl (C=O) groups excluding carboxylic acids is 2. The highest BCUT2D eigenvalue weighted by Gasteiger charge is 2.42. The van der Waals surface area contributed by atoms with Crippen molar-refractivity contribution in [2.75, 3.05) is 0 Å². The van der Waals surface area contributed by atoms with Crippen molar-refractivity contribution < 1.29 is 45.4 Å². The van der Waals surface area contributed by atoms with Crippen molar-refractivity contribution in [3.8, 4) is 34.4 Å². The first-order chi connectivity index (χ1) is 19.9. The Kier molecular flexibility index (Phi) is 7.69. The van der Waals surface area contributed by atoms with Crippen LogP contribution in [0.25, 0.3) is 33.4 Å². The van der Waals surface area contributed by atoms with Gasteiger partial charge in [-0.25, -0.2) is 9.59 Å². The van der Waals surface area contributed by atoms with Gasteiger partial charge in [0.2, 0.25) is 0 Å². The minimum absolute atomic E-state index is 0.0717. The van der Waals surface area contributed by atoms with Crippen molar-refractivity contribution in [3.63, 3.8) is 0 Å². The fraction of sp³-hybridized carbons (Fsp3) is 0.133. The van der Waals surface area contributed by atoms with E-state index >= 15 is 0 Å². The number of ether oxygens (including phenoxy) is 2. The van der Waals surface area contributed by atoms with Crippen molar-refractivity contribution in [3.05, 3.63) is 94.1 Å². The monoisotopic (exact) mass is 582 g/mol. The van der Waals surface area contributed by atoms with Gasteiger partial charge in [0.25, 0.3) is 0 Å². The number of rotatable bonds is 2. The second kappa shape index (κ2) is 10.9. The lowest BCUT2D eigenvalue weighted by Gasteiger charge is -2.13. The molecule has 0 fully saturated rings. The predicted octanol–water partition coefficient (Wildman–Crippen LogP) is 7.45. The standard InChI is InChI=1S/C28H10F6N2O4.C2H6/c29-27(30,31)39-25(37)19(11-35)21-15-7-3-4-8-16(15)22-18(21)10-9-17-13-5-1-2-6-14(13)23(24(17)22)20(12-36)26(38)40-28(32,33)34;1-2/h1-10H;1-2H3/b21-19-,23-20-;. The molecule has 0 spiro atoms. The highest BCUT2D eigenvalue weighted by molar-refractivity contribution is 6.20. The number of benzene rings is 3. The summed E-state index contributed by atoms with van der Waals surface area (Å²) in [5.74, 6) is -3.92. The first kappa shape index (κ1) is 29.6. The van der Waals surface area contributed by atoms with E-state index in [4.69, 9.17) is 0 Å². The lowest BCUT2D eigenvalue weighted by Crippen LogP contribution is -2.21. The van der Waals surface area contributed by atoms with Gasteiger partial charge < -0.3 is 9.47 Å². The average Bonchev–Trinajstić information content (AvgIpc) is 3.42. The number of esters is 2. The fourth-order valence-corrected chi connectivity index (χ4v) is 4.96. The molecule has 3 aromatic carbocycles. The van der Waals surface area contributed by atoms with Crippen LogP contribution in [0.4, 0.5) is 26.3 Å². The lowest BCUT2D eigenvalue weighted by molar-refractivity contribution is -0.304. The molecule has 0 aromatic heterocycles. The third kappa shape index (κ3) is 5.10. The first-order valence-corrected chi connectivity index (χ1v) is 12.1. The van der Waals surface area contributed by atoms with Gasteiger partial charge in [0.1, 0.15) is 23.3 Å². The Morgan fingerprint density at radius 1 is 0.571 bits per heavy atom. The quantitative estimate of drug-likeness (QED) is 0.0928. The molecule has 6 nitrogen and oxygen atoms in total. The van der Waals surface area contributed by atoms with E-state index in [1.807, 2.05) is 13.8 Å². The molecule has 0 saturated carbocycles. The number of halogens is 6. The van der Waals surface area contributed by atoms with Gasteiger partial charge in [-0.15, -0.1) is 26.3 Å². The summed E-state index contributed by atoms with van der Waals surface area (Å²) in [6.07, 6.45) is -10.8. The van der Waals surface area contributed by atoms with E-state index in [9.17, 15) is 46.5 Å². The second-order valence-corrected chi connectivity index (χ2v) is 8.40. The highest BCUT2D eigenvalue weighted by atomic mass is 19.4. The molecule has 2 aliphatic rings. The molecule has 42 heavy (non-hydrogen) atoms. The Morgan fingerprint density at radius 2 is 0.976 bits per heavy atom. The largest absolute Gasteiger partial charge is 0.575 e. The lowest BCUT2D eigenvalue weighted by atomic mass is 9.90. The Morgan fingerprint density at radius 3 is 1.45 bits per heavy atom. The smallest absolute Gasteiger partial charge is 0.369 e. The molecule has 12 heteroatoms. The number of carbonyl (C=O) groups is 2. The van der Waals surface area contributed by atoms with Crippen LogP contribution in [0.15, 0.2) is 71.8 Å². The van der Waals surface area contributed by atoms with Gasteiger partial charge >= 0.3 is 24.7 Å². The molecule has 0 saturated heterocycles. The van der Waals surface area contributed by atoms with Gasteiger partial charge in [0.15, 0.2) is 0 Å². The molecule has 0 bridgehead atoms. The summed E-state index contributed by atoms with van der Waals surface area (Å²) in [7, 11) is 0. The van der Waals surface area contributed by atoms with Crippen molar-refractivity contribution >= 4 is 23.1 Å². The summed E-state index contributed by atoms with van der Waals surface area (Å²) in [5.41, 5.74) is -0.451. The van der Waals surface area contributed by atoms with E-state index in [0.29, 0.717) is 16.7 Å². The molecule has 0 atom stereocenters. The zero-order valence-electron chi connectivity index (χ0n) is 21.6. The fourth-order valence-electron chi connectivity index (χ4n) is 4.96. The summed E-state index contributed by atoms with van der Waals surface area (Å²) >= 11 is 0. The first-order valence-electron chi connectivity index (χ1n) is 12.1. The molecular formula is C30H16F6N2O4. The number of hydrogen-bond donors (Lipinski definition) is 0. The summed E-state index contributed by atoms with van der Waals surface area (Å²) in [4.78, 5) is 24.9. The van der Waals surface area contributed by atoms with Crippen LogP contribution < -0.4 is 0 Å². The zero-order valence-corrected chi connectivity index (χ0v) is 21.6. The van der Waals surface area contributed by atoms with Gasteiger partial charge in [-0.3, -0.25) is 0 Å². The van der Waals surface area contributed by atoms with Crippen LogP contribution in [-0.4, -0.2) is 24.7 Å². The Bertz CT molecular complexity index is 1790. The van der Waals surface area contributed by atoms with Crippen LogP contribution in [0.5, 0.6) is 0 Å². The van der Waals surface area contributed by atoms with Crippen molar-refractivity contribution in [1.29, 1.82) is 10.5 Å². The molecule has 0 unspecified atom stereocenters. The number of fused-ring (bicyclic) bond motifs is 7. The maximum Gasteiger partial charge on any atom is 0.575 e. The van der Waals surface area contributed by atoms with Crippen LogP contribution in [0, 0.1) is 22.7 Å². The maximum absolute atomic E-state index is 12.9. The van der Waals surface area contributed by atoms with Crippen LogP contribution >= 0.6 is 0 Å². The van der Waals surface area contributed by atoms with Gasteiger partial charge in [0.05, 0.1) is 0 Å². The van der Waals surface area contributed by atoms with Crippen LogP contribution in [0.3, 0.4) is 0 Å². The molecule has 212 valence electrons. The second-order valence-electron chi connectivity index (χ2n) is 8.40. The molecule has 5 rings (SSSR count). The Labute approximate surface area is 234 Å². The summed E-state index contributed by atoms with van der Waals surface area (Å²) < 4.78 is 84.4. The predicted molar refractivity (Wildman–Crippen MR) is 136 cm³/mol. The van der Waals surface area contributed by atoms with Crippen molar-refractivity contribution in [1.82, 2.24) is 0 Å². The van der Waals surface area contributed by atoms with Crippen molar-refractivity contribution in [2.45, 2.75) is 26.6 Å². The van der Waals surface area contributed by atoms with E-state index in [1.165, 1.54) is 54.6 Å². The highest BCUT2D eigenvalue weighted by Crippen LogP contribution is 2.56. The maximum atomic E-state index is 12.9. The molecule has 0 N–H and O–H groups in total. The SMILES string of the molecule is CC.N#C/C(C(=O)OC(F)(F)F)=C1\c2ccccc2-c2c1ccc1c2/C(=C(/C#N)C(=O)OC(F)(F)F)c2ccccc2-1. The van der Waals surface area contributed by atoms with Crippen LogP contribution in [-0.2, 0) is 19.1 Å².